The lowest BCUT2D eigenvalue weighted by atomic mass is 10.2. The van der Waals surface area contributed by atoms with Crippen LogP contribution < -0.4 is 10.6 Å². The largest absolute Gasteiger partial charge is 0.357 e. The lowest BCUT2D eigenvalue weighted by Gasteiger charge is -2.25. The van der Waals surface area contributed by atoms with E-state index >= 15 is 0 Å². The lowest BCUT2D eigenvalue weighted by molar-refractivity contribution is 0.657. The molecule has 0 spiro atoms. The fourth-order valence-corrected chi connectivity index (χ4v) is 1.45. The Morgan fingerprint density at radius 2 is 1.56 bits per heavy atom. The van der Waals surface area contributed by atoms with Crippen molar-refractivity contribution in [1.82, 2.24) is 10.6 Å². The second kappa shape index (κ2) is 8.20. The molecule has 0 heterocycles. The van der Waals surface area contributed by atoms with Gasteiger partial charge in [-0.25, -0.2) is 0 Å². The molecule has 0 fully saturated rings. The van der Waals surface area contributed by atoms with Gasteiger partial charge in [0.15, 0.2) is 5.96 Å². The maximum absolute atomic E-state index is 4.66. The van der Waals surface area contributed by atoms with Crippen LogP contribution in [0.25, 0.3) is 0 Å². The van der Waals surface area contributed by atoms with Crippen LogP contribution in [0.4, 0.5) is 0 Å². The average molecular weight is 292 g/mol. The quantitative estimate of drug-likeness (QED) is 0.558. The minimum atomic E-state index is 0.192. The van der Waals surface area contributed by atoms with Gasteiger partial charge in [-0.2, -0.15) is 23.5 Å². The van der Waals surface area contributed by atoms with Crippen LogP contribution in [0, 0.1) is 0 Å². The van der Waals surface area contributed by atoms with Crippen molar-refractivity contribution in [2.75, 3.05) is 32.1 Å². The minimum absolute atomic E-state index is 0.192. The molecular formula is C13H29N3S2. The number of hydrogen-bond donors (Lipinski definition) is 2. The summed E-state index contributed by atoms with van der Waals surface area (Å²) in [6.07, 6.45) is 4.27. The standard InChI is InChI=1S/C13H29N3S2/c1-8-14-11(15-9-12(2,3)17-6)16-10-13(4,5)18-7/h8-10H2,1-7H3,(H2,14,15,16). The summed E-state index contributed by atoms with van der Waals surface area (Å²) in [6, 6.07) is 0. The zero-order chi connectivity index (χ0) is 14.2. The van der Waals surface area contributed by atoms with Gasteiger partial charge < -0.3 is 10.6 Å². The zero-order valence-corrected chi connectivity index (χ0v) is 14.5. The molecule has 0 saturated heterocycles. The number of nitrogens with one attached hydrogen (secondary N) is 2. The predicted molar refractivity (Wildman–Crippen MR) is 89.2 cm³/mol. The molecule has 108 valence electrons. The molecule has 0 aliphatic heterocycles. The summed E-state index contributed by atoms with van der Waals surface area (Å²) in [7, 11) is 0. The van der Waals surface area contributed by atoms with Crippen molar-refractivity contribution in [2.45, 2.75) is 44.1 Å². The van der Waals surface area contributed by atoms with Gasteiger partial charge in [-0.1, -0.05) is 0 Å². The summed E-state index contributed by atoms with van der Waals surface area (Å²) < 4.78 is 0.419. The fraction of sp³-hybridized carbons (Fsp3) is 0.923. The van der Waals surface area contributed by atoms with Crippen LogP contribution in [-0.4, -0.2) is 47.6 Å². The Morgan fingerprint density at radius 1 is 1.00 bits per heavy atom. The van der Waals surface area contributed by atoms with Crippen molar-refractivity contribution in [3.8, 4) is 0 Å². The molecule has 0 radical (unpaired) electrons. The van der Waals surface area contributed by atoms with Crippen LogP contribution in [0.3, 0.4) is 0 Å². The van der Waals surface area contributed by atoms with Gasteiger partial charge in [-0.3, -0.25) is 4.99 Å². The van der Waals surface area contributed by atoms with Gasteiger partial charge in [0.05, 0.1) is 6.54 Å². The maximum atomic E-state index is 4.66. The van der Waals surface area contributed by atoms with E-state index in [1.54, 1.807) is 0 Å². The summed E-state index contributed by atoms with van der Waals surface area (Å²) in [5.41, 5.74) is 0. The van der Waals surface area contributed by atoms with Gasteiger partial charge in [0, 0.05) is 22.6 Å². The maximum Gasteiger partial charge on any atom is 0.191 e. The molecule has 0 atom stereocenters. The third kappa shape index (κ3) is 8.14. The SMILES string of the molecule is CCNC(=NCC(C)(C)SC)NCC(C)(C)SC. The first-order chi connectivity index (χ1) is 8.26. The van der Waals surface area contributed by atoms with E-state index < -0.39 is 0 Å². The molecular weight excluding hydrogens is 262 g/mol. The highest BCUT2D eigenvalue weighted by Gasteiger charge is 2.18. The molecule has 0 rings (SSSR count). The van der Waals surface area contributed by atoms with Crippen LogP contribution >= 0.6 is 23.5 Å². The Hall–Kier alpha value is -0.0300. The molecule has 0 aliphatic carbocycles. The van der Waals surface area contributed by atoms with Crippen LogP contribution in [0.2, 0.25) is 0 Å². The Bertz CT molecular complexity index is 263. The Kier molecular flexibility index (Phi) is 8.19. The summed E-state index contributed by atoms with van der Waals surface area (Å²) >= 11 is 3.71. The van der Waals surface area contributed by atoms with E-state index in [-0.39, 0.29) is 9.49 Å². The third-order valence-corrected chi connectivity index (χ3v) is 5.23. The average Bonchev–Trinajstić information content (AvgIpc) is 2.33. The number of guanidine groups is 1. The van der Waals surface area contributed by atoms with Crippen LogP contribution in [-0.2, 0) is 0 Å². The van der Waals surface area contributed by atoms with Crippen LogP contribution in [0.1, 0.15) is 34.6 Å². The molecule has 0 aromatic carbocycles. The number of nitrogens with zero attached hydrogens (tertiary/aromatic N) is 1. The highest BCUT2D eigenvalue weighted by molar-refractivity contribution is 8.00. The van der Waals surface area contributed by atoms with Gasteiger partial charge in [0.1, 0.15) is 0 Å². The molecule has 2 N–H and O–H groups in total. The van der Waals surface area contributed by atoms with E-state index in [0.717, 1.165) is 25.6 Å². The van der Waals surface area contributed by atoms with E-state index in [0.29, 0.717) is 0 Å². The Balaban J connectivity index is 4.43. The zero-order valence-electron chi connectivity index (χ0n) is 12.9. The first-order valence-electron chi connectivity index (χ1n) is 6.39. The topological polar surface area (TPSA) is 36.4 Å². The highest BCUT2D eigenvalue weighted by Crippen LogP contribution is 2.21. The van der Waals surface area contributed by atoms with Crippen LogP contribution in [0.5, 0.6) is 0 Å². The summed E-state index contributed by atoms with van der Waals surface area (Å²) in [6.45, 7) is 13.6. The van der Waals surface area contributed by atoms with E-state index in [1.165, 1.54) is 0 Å². The normalized spacial score (nSPS) is 13.6. The number of rotatable bonds is 7. The van der Waals surface area contributed by atoms with Crippen molar-refractivity contribution < 1.29 is 0 Å². The van der Waals surface area contributed by atoms with Gasteiger partial charge >= 0.3 is 0 Å². The fourth-order valence-electron chi connectivity index (χ4n) is 1.04. The van der Waals surface area contributed by atoms with Gasteiger partial charge in [0.25, 0.3) is 0 Å². The van der Waals surface area contributed by atoms with Gasteiger partial charge in [-0.05, 0) is 47.1 Å². The van der Waals surface area contributed by atoms with Crippen molar-refractivity contribution in [3.05, 3.63) is 0 Å². The first-order valence-corrected chi connectivity index (χ1v) is 8.84. The number of aliphatic imine (C=N–C) groups is 1. The van der Waals surface area contributed by atoms with E-state index in [4.69, 9.17) is 0 Å². The van der Waals surface area contributed by atoms with Crippen molar-refractivity contribution >= 4 is 29.5 Å². The molecule has 5 heteroatoms. The Morgan fingerprint density at radius 3 is 2.00 bits per heavy atom. The first kappa shape index (κ1) is 18.0. The minimum Gasteiger partial charge on any atom is -0.357 e. The molecule has 0 amide bonds. The third-order valence-electron chi connectivity index (χ3n) is 2.75. The van der Waals surface area contributed by atoms with E-state index in [9.17, 15) is 0 Å². The molecule has 3 nitrogen and oxygen atoms in total. The Labute approximate surface area is 121 Å². The molecule has 0 bridgehead atoms. The smallest absolute Gasteiger partial charge is 0.191 e. The summed E-state index contributed by atoms with van der Waals surface area (Å²) in [5.74, 6) is 0.918. The monoisotopic (exact) mass is 291 g/mol. The second-order valence-corrected chi connectivity index (χ2v) is 8.50. The molecule has 0 aliphatic rings. The lowest BCUT2D eigenvalue weighted by Crippen LogP contribution is -2.43. The van der Waals surface area contributed by atoms with E-state index in [2.05, 4.69) is 62.8 Å². The highest BCUT2D eigenvalue weighted by atomic mass is 32.2. The molecule has 0 aromatic heterocycles. The second-order valence-electron chi connectivity index (χ2n) is 5.48. The predicted octanol–water partition coefficient (Wildman–Crippen LogP) is 2.82. The van der Waals surface area contributed by atoms with Crippen molar-refractivity contribution in [2.24, 2.45) is 4.99 Å². The van der Waals surface area contributed by atoms with Gasteiger partial charge in [-0.15, -0.1) is 0 Å². The summed E-state index contributed by atoms with van der Waals surface area (Å²) in [5, 5.41) is 6.71. The molecule has 0 aromatic rings. The molecule has 0 saturated carbocycles. The van der Waals surface area contributed by atoms with Crippen molar-refractivity contribution in [1.29, 1.82) is 0 Å². The molecule has 18 heavy (non-hydrogen) atoms. The summed E-state index contributed by atoms with van der Waals surface area (Å²) in [4.78, 5) is 4.66. The van der Waals surface area contributed by atoms with E-state index in [1.807, 2.05) is 23.5 Å². The van der Waals surface area contributed by atoms with Crippen molar-refractivity contribution in [3.63, 3.8) is 0 Å². The van der Waals surface area contributed by atoms with Crippen LogP contribution in [0.15, 0.2) is 4.99 Å². The van der Waals surface area contributed by atoms with Gasteiger partial charge in [0.2, 0.25) is 0 Å². The molecule has 0 unspecified atom stereocenters. The number of thioether (sulfide) groups is 2. The number of hydrogen-bond acceptors (Lipinski definition) is 3.